The van der Waals surface area contributed by atoms with E-state index in [2.05, 4.69) is 17.0 Å². The molecule has 1 saturated heterocycles. The Morgan fingerprint density at radius 3 is 2.65 bits per heavy atom. The van der Waals surface area contributed by atoms with Gasteiger partial charge >= 0.3 is 0 Å². The van der Waals surface area contributed by atoms with Gasteiger partial charge in [0, 0.05) is 12.1 Å². The molecular weight excluding hydrogens is 210 g/mol. The molecule has 0 atom stereocenters. The summed E-state index contributed by atoms with van der Waals surface area (Å²) in [5.74, 6) is 0.588. The van der Waals surface area contributed by atoms with Crippen molar-refractivity contribution in [2.24, 2.45) is 0 Å². The summed E-state index contributed by atoms with van der Waals surface area (Å²) in [5, 5.41) is 10.3. The van der Waals surface area contributed by atoms with E-state index in [1.54, 1.807) is 0 Å². The Balaban J connectivity index is 1.78. The van der Waals surface area contributed by atoms with Gasteiger partial charge in [0.15, 0.2) is 0 Å². The normalized spacial score (nSPS) is 20.5. The smallest absolute Gasteiger partial charge is 0.123 e. The van der Waals surface area contributed by atoms with E-state index in [0.717, 1.165) is 24.9 Å². The van der Waals surface area contributed by atoms with Crippen molar-refractivity contribution in [2.75, 3.05) is 13.1 Å². The Kier molecular flexibility index (Phi) is 3.06. The molecule has 1 heterocycles. The van der Waals surface area contributed by atoms with Gasteiger partial charge in [0.2, 0.25) is 0 Å². The van der Waals surface area contributed by atoms with E-state index in [0.29, 0.717) is 5.75 Å². The lowest BCUT2D eigenvalue weighted by atomic mass is 10.0. The Morgan fingerprint density at radius 1 is 1.00 bits per heavy atom. The van der Waals surface area contributed by atoms with Crippen LogP contribution >= 0.6 is 0 Å². The zero-order chi connectivity index (χ0) is 11.7. The first-order valence-electron chi connectivity index (χ1n) is 6.89. The molecule has 0 radical (unpaired) electrons. The summed E-state index contributed by atoms with van der Waals surface area (Å²) in [4.78, 5) is 2.47. The van der Waals surface area contributed by atoms with Gasteiger partial charge in [-0.25, -0.2) is 0 Å². The average Bonchev–Trinajstić information content (AvgIpc) is 2.83. The highest BCUT2D eigenvalue weighted by molar-refractivity contribution is 5.47. The molecule has 3 rings (SSSR count). The molecule has 17 heavy (non-hydrogen) atoms. The van der Waals surface area contributed by atoms with Gasteiger partial charge in [-0.2, -0.15) is 0 Å². The molecule has 1 aliphatic heterocycles. The van der Waals surface area contributed by atoms with Crippen molar-refractivity contribution in [2.45, 2.75) is 45.1 Å². The number of benzene rings is 1. The van der Waals surface area contributed by atoms with Crippen molar-refractivity contribution in [3.05, 3.63) is 28.8 Å². The number of hydrogen-bond acceptors (Lipinski definition) is 2. The first kappa shape index (κ1) is 11.1. The second-order valence-electron chi connectivity index (χ2n) is 5.40. The number of hydrogen-bond donors (Lipinski definition) is 1. The zero-order valence-electron chi connectivity index (χ0n) is 10.4. The highest BCUT2D eigenvalue weighted by atomic mass is 16.3. The number of likely N-dealkylation sites (tertiary alicyclic amines) is 1. The van der Waals surface area contributed by atoms with Crippen LogP contribution in [0.25, 0.3) is 0 Å². The van der Waals surface area contributed by atoms with E-state index in [1.807, 2.05) is 0 Å². The highest BCUT2D eigenvalue weighted by Gasteiger charge is 2.19. The van der Waals surface area contributed by atoms with Crippen molar-refractivity contribution < 1.29 is 5.11 Å². The number of piperidine rings is 1. The maximum atomic E-state index is 10.3. The van der Waals surface area contributed by atoms with E-state index in [1.165, 1.54) is 49.9 Å². The molecule has 1 aliphatic carbocycles. The van der Waals surface area contributed by atoms with Gasteiger partial charge in [-0.15, -0.1) is 0 Å². The molecule has 0 aromatic heterocycles. The van der Waals surface area contributed by atoms with Gasteiger partial charge < -0.3 is 5.11 Å². The van der Waals surface area contributed by atoms with Crippen LogP contribution in [0.15, 0.2) is 12.1 Å². The highest BCUT2D eigenvalue weighted by Crippen LogP contribution is 2.33. The predicted octanol–water partition coefficient (Wildman–Crippen LogP) is 2.87. The third kappa shape index (κ3) is 2.19. The summed E-state index contributed by atoms with van der Waals surface area (Å²) in [7, 11) is 0. The van der Waals surface area contributed by atoms with Crippen molar-refractivity contribution >= 4 is 0 Å². The number of phenolic OH excluding ortho intramolecular Hbond substituents is 1. The van der Waals surface area contributed by atoms with E-state index in [4.69, 9.17) is 0 Å². The Bertz CT molecular complexity index is 408. The van der Waals surface area contributed by atoms with Crippen LogP contribution in [0, 0.1) is 0 Å². The topological polar surface area (TPSA) is 23.5 Å². The van der Waals surface area contributed by atoms with Gasteiger partial charge in [-0.05, 0) is 56.3 Å². The van der Waals surface area contributed by atoms with Crippen LogP contribution < -0.4 is 0 Å². The second-order valence-corrected chi connectivity index (χ2v) is 5.40. The van der Waals surface area contributed by atoms with Gasteiger partial charge in [-0.1, -0.05) is 18.6 Å². The lowest BCUT2D eigenvalue weighted by Gasteiger charge is -2.27. The molecule has 1 aromatic carbocycles. The maximum absolute atomic E-state index is 10.3. The fourth-order valence-corrected chi connectivity index (χ4v) is 3.18. The van der Waals surface area contributed by atoms with Crippen LogP contribution in [-0.4, -0.2) is 23.1 Å². The van der Waals surface area contributed by atoms with E-state index in [9.17, 15) is 5.11 Å². The van der Waals surface area contributed by atoms with Crippen LogP contribution in [-0.2, 0) is 19.4 Å². The third-order valence-corrected chi connectivity index (χ3v) is 4.18. The van der Waals surface area contributed by atoms with Gasteiger partial charge in [0.25, 0.3) is 0 Å². The van der Waals surface area contributed by atoms with Crippen LogP contribution in [0.4, 0.5) is 0 Å². The molecule has 1 aromatic rings. The molecule has 0 amide bonds. The van der Waals surface area contributed by atoms with Crippen molar-refractivity contribution in [3.63, 3.8) is 0 Å². The summed E-state index contributed by atoms with van der Waals surface area (Å²) in [6, 6.07) is 4.36. The molecule has 2 aliphatic rings. The van der Waals surface area contributed by atoms with Gasteiger partial charge in [0.1, 0.15) is 5.75 Å². The Labute approximate surface area is 103 Å². The molecule has 2 heteroatoms. The van der Waals surface area contributed by atoms with Crippen LogP contribution in [0.5, 0.6) is 5.75 Å². The summed E-state index contributed by atoms with van der Waals surface area (Å²) >= 11 is 0. The number of nitrogens with zero attached hydrogens (tertiary/aromatic N) is 1. The number of fused-ring (bicyclic) bond motifs is 1. The molecule has 1 N–H and O–H groups in total. The summed E-state index contributed by atoms with van der Waals surface area (Å²) < 4.78 is 0. The van der Waals surface area contributed by atoms with Crippen LogP contribution in [0.3, 0.4) is 0 Å². The Morgan fingerprint density at radius 2 is 1.82 bits per heavy atom. The number of aromatic hydroxyl groups is 1. The number of phenols is 1. The molecule has 0 saturated carbocycles. The standard InChI is InChI=1S/C15H21NO/c17-15-13(11-16-9-2-1-3-10-16)8-7-12-5-4-6-14(12)15/h7-8,17H,1-6,9-11H2. The first-order chi connectivity index (χ1) is 8.34. The first-order valence-corrected chi connectivity index (χ1v) is 6.89. The lowest BCUT2D eigenvalue weighted by molar-refractivity contribution is 0.218. The van der Waals surface area contributed by atoms with Crippen LogP contribution in [0.2, 0.25) is 0 Å². The monoisotopic (exact) mass is 231 g/mol. The second kappa shape index (κ2) is 4.69. The summed E-state index contributed by atoms with van der Waals surface area (Å²) in [5.41, 5.74) is 3.72. The fraction of sp³-hybridized carbons (Fsp3) is 0.600. The van der Waals surface area contributed by atoms with Crippen molar-refractivity contribution in [3.8, 4) is 5.75 Å². The summed E-state index contributed by atoms with van der Waals surface area (Å²) in [6.07, 6.45) is 7.40. The van der Waals surface area contributed by atoms with E-state index < -0.39 is 0 Å². The van der Waals surface area contributed by atoms with Crippen molar-refractivity contribution in [1.82, 2.24) is 4.90 Å². The SMILES string of the molecule is Oc1c(CN2CCCCC2)ccc2c1CCC2. The minimum absolute atomic E-state index is 0.588. The van der Waals surface area contributed by atoms with Gasteiger partial charge in [0.05, 0.1) is 0 Å². The molecule has 0 bridgehead atoms. The largest absolute Gasteiger partial charge is 0.507 e. The maximum Gasteiger partial charge on any atom is 0.123 e. The third-order valence-electron chi connectivity index (χ3n) is 4.18. The molecular formula is C15H21NO. The summed E-state index contributed by atoms with van der Waals surface area (Å²) in [6.45, 7) is 3.31. The molecule has 0 spiro atoms. The molecule has 2 nitrogen and oxygen atoms in total. The fourth-order valence-electron chi connectivity index (χ4n) is 3.18. The predicted molar refractivity (Wildman–Crippen MR) is 69.3 cm³/mol. The van der Waals surface area contributed by atoms with Crippen molar-refractivity contribution in [1.29, 1.82) is 0 Å². The van der Waals surface area contributed by atoms with E-state index in [-0.39, 0.29) is 0 Å². The molecule has 1 fully saturated rings. The average molecular weight is 231 g/mol. The Hall–Kier alpha value is -1.02. The number of rotatable bonds is 2. The quantitative estimate of drug-likeness (QED) is 0.846. The number of aryl methyl sites for hydroxylation is 1. The van der Waals surface area contributed by atoms with Crippen LogP contribution in [0.1, 0.15) is 42.4 Å². The molecule has 0 unspecified atom stereocenters. The molecule has 92 valence electrons. The van der Waals surface area contributed by atoms with Gasteiger partial charge in [-0.3, -0.25) is 4.90 Å². The lowest BCUT2D eigenvalue weighted by Crippen LogP contribution is -2.29. The zero-order valence-corrected chi connectivity index (χ0v) is 10.4. The van der Waals surface area contributed by atoms with E-state index >= 15 is 0 Å². The minimum Gasteiger partial charge on any atom is -0.507 e. The minimum atomic E-state index is 0.588.